The molecule has 9 heteroatoms. The van der Waals surface area contributed by atoms with Crippen molar-refractivity contribution in [2.75, 3.05) is 18.5 Å². The van der Waals surface area contributed by atoms with Crippen LogP contribution in [0.25, 0.3) is 0 Å². The summed E-state index contributed by atoms with van der Waals surface area (Å²) in [5.74, 6) is 0.0981. The van der Waals surface area contributed by atoms with Crippen molar-refractivity contribution in [3.63, 3.8) is 0 Å². The van der Waals surface area contributed by atoms with E-state index in [0.29, 0.717) is 35.6 Å². The Bertz CT molecular complexity index is 1150. The van der Waals surface area contributed by atoms with E-state index in [1.54, 1.807) is 60.7 Å². The molecular formula is C28H28BrNO7. The number of aliphatic carboxylic acids is 1. The highest BCUT2D eigenvalue weighted by Crippen LogP contribution is 2.30. The van der Waals surface area contributed by atoms with Gasteiger partial charge in [-0.05, 0) is 66.9 Å². The Morgan fingerprint density at radius 2 is 1.65 bits per heavy atom. The van der Waals surface area contributed by atoms with Crippen molar-refractivity contribution in [3.05, 3.63) is 101 Å². The number of hydrogen-bond donors (Lipinski definition) is 3. The first-order valence-corrected chi connectivity index (χ1v) is 12.4. The average molecular weight is 570 g/mol. The molecular weight excluding hydrogens is 542 g/mol. The van der Waals surface area contributed by atoms with E-state index in [1.165, 1.54) is 6.08 Å². The van der Waals surface area contributed by atoms with Crippen LogP contribution in [0, 0.1) is 0 Å². The Kier molecular flexibility index (Phi) is 11.0. The third-order valence-corrected chi connectivity index (χ3v) is 5.67. The van der Waals surface area contributed by atoms with E-state index in [1.807, 2.05) is 18.2 Å². The highest BCUT2D eigenvalue weighted by atomic mass is 79.9. The number of para-hydroxylation sites is 1. The molecule has 0 radical (unpaired) electrons. The van der Waals surface area contributed by atoms with E-state index in [-0.39, 0.29) is 13.2 Å². The van der Waals surface area contributed by atoms with Gasteiger partial charge in [-0.25, -0.2) is 9.59 Å². The van der Waals surface area contributed by atoms with Gasteiger partial charge in [-0.1, -0.05) is 52.3 Å². The highest BCUT2D eigenvalue weighted by molar-refractivity contribution is 9.10. The lowest BCUT2D eigenvalue weighted by Gasteiger charge is -2.28. The lowest BCUT2D eigenvalue weighted by molar-refractivity contribution is -0.131. The van der Waals surface area contributed by atoms with Gasteiger partial charge in [-0.3, -0.25) is 5.32 Å². The molecule has 3 N–H and O–H groups in total. The molecule has 0 aliphatic rings. The summed E-state index contributed by atoms with van der Waals surface area (Å²) in [5.41, 5.74) is 1.22. The second kappa shape index (κ2) is 14.7. The molecule has 0 aliphatic carbocycles. The van der Waals surface area contributed by atoms with Crippen molar-refractivity contribution in [3.8, 4) is 11.5 Å². The maximum atomic E-state index is 12.9. The van der Waals surface area contributed by atoms with Crippen LogP contribution < -0.4 is 14.8 Å². The number of aliphatic hydroxyl groups excluding tert-OH is 1. The van der Waals surface area contributed by atoms with Crippen LogP contribution in [0.4, 0.5) is 10.5 Å². The Balaban J connectivity index is 1.87. The standard InChI is InChI=1S/C28H28BrNO7/c29-21-12-14-22(15-13-21)30-28(34)37-27(20-10-16-23(17-11-20)35-19-18-31)25(8-4-5-9-26(32)33)36-24-6-2-1-3-7-24/h1-3,5-7,9-17,25,27,31H,4,8,18-19H2,(H,30,34)(H,32,33)/b9-5+/t25-,27-/m0/s1. The molecule has 0 unspecified atom stereocenters. The summed E-state index contributed by atoms with van der Waals surface area (Å²) in [6.07, 6.45) is 1.22. The number of carbonyl (C=O) groups excluding carboxylic acids is 1. The van der Waals surface area contributed by atoms with Crippen LogP contribution in [0.1, 0.15) is 24.5 Å². The van der Waals surface area contributed by atoms with Crippen LogP contribution in [-0.2, 0) is 9.53 Å². The minimum absolute atomic E-state index is 0.111. The number of rotatable bonds is 13. The summed E-state index contributed by atoms with van der Waals surface area (Å²) >= 11 is 3.37. The van der Waals surface area contributed by atoms with Gasteiger partial charge in [0, 0.05) is 16.2 Å². The van der Waals surface area contributed by atoms with Crippen LogP contribution in [0.3, 0.4) is 0 Å². The summed E-state index contributed by atoms with van der Waals surface area (Å²) in [6.45, 7) is 0.0467. The predicted molar refractivity (Wildman–Crippen MR) is 143 cm³/mol. The quantitative estimate of drug-likeness (QED) is 0.217. The van der Waals surface area contributed by atoms with Crippen LogP contribution in [-0.4, -0.2) is 41.6 Å². The fourth-order valence-corrected chi connectivity index (χ4v) is 3.73. The third-order valence-electron chi connectivity index (χ3n) is 5.14. The van der Waals surface area contributed by atoms with Gasteiger partial charge in [0.1, 0.15) is 24.2 Å². The molecule has 0 aromatic heterocycles. The second-order valence-corrected chi connectivity index (χ2v) is 8.80. The van der Waals surface area contributed by atoms with Gasteiger partial charge < -0.3 is 24.4 Å². The van der Waals surface area contributed by atoms with E-state index in [0.717, 1.165) is 10.5 Å². The first-order chi connectivity index (χ1) is 17.9. The number of nitrogens with one attached hydrogen (secondary N) is 1. The topological polar surface area (TPSA) is 114 Å². The van der Waals surface area contributed by atoms with Gasteiger partial charge in [0.15, 0.2) is 6.10 Å². The number of amides is 1. The van der Waals surface area contributed by atoms with E-state index < -0.39 is 24.3 Å². The molecule has 3 aromatic carbocycles. The van der Waals surface area contributed by atoms with Crippen LogP contribution in [0.5, 0.6) is 11.5 Å². The summed E-state index contributed by atoms with van der Waals surface area (Å²) < 4.78 is 18.5. The summed E-state index contributed by atoms with van der Waals surface area (Å²) in [5, 5.41) is 20.7. The van der Waals surface area contributed by atoms with Crippen molar-refractivity contribution in [1.82, 2.24) is 0 Å². The molecule has 0 fully saturated rings. The summed E-state index contributed by atoms with van der Waals surface area (Å²) in [7, 11) is 0. The van der Waals surface area contributed by atoms with Crippen molar-refractivity contribution in [2.24, 2.45) is 0 Å². The van der Waals surface area contributed by atoms with E-state index >= 15 is 0 Å². The molecule has 0 saturated heterocycles. The van der Waals surface area contributed by atoms with E-state index in [9.17, 15) is 9.59 Å². The van der Waals surface area contributed by atoms with Gasteiger partial charge in [-0.2, -0.15) is 0 Å². The molecule has 0 saturated carbocycles. The maximum Gasteiger partial charge on any atom is 0.412 e. The number of carboxylic acid groups (broad SMARTS) is 1. The fourth-order valence-electron chi connectivity index (χ4n) is 3.46. The number of allylic oxidation sites excluding steroid dienone is 1. The second-order valence-electron chi connectivity index (χ2n) is 7.89. The molecule has 0 spiro atoms. The van der Waals surface area contributed by atoms with Crippen LogP contribution in [0.15, 0.2) is 95.5 Å². The van der Waals surface area contributed by atoms with Crippen LogP contribution >= 0.6 is 15.9 Å². The Morgan fingerprint density at radius 3 is 2.30 bits per heavy atom. The predicted octanol–water partition coefficient (Wildman–Crippen LogP) is 5.98. The Hall–Kier alpha value is -3.82. The van der Waals surface area contributed by atoms with Crippen molar-refractivity contribution in [1.29, 1.82) is 0 Å². The molecule has 2 atom stereocenters. The molecule has 194 valence electrons. The average Bonchev–Trinajstić information content (AvgIpc) is 2.90. The molecule has 3 aromatic rings. The molecule has 3 rings (SSSR count). The molecule has 0 bridgehead atoms. The molecule has 8 nitrogen and oxygen atoms in total. The van der Waals surface area contributed by atoms with Gasteiger partial charge in [0.25, 0.3) is 0 Å². The highest BCUT2D eigenvalue weighted by Gasteiger charge is 2.29. The maximum absolute atomic E-state index is 12.9. The first kappa shape index (κ1) is 27.8. The van der Waals surface area contributed by atoms with Gasteiger partial charge >= 0.3 is 12.1 Å². The van der Waals surface area contributed by atoms with Gasteiger partial charge in [-0.15, -0.1) is 0 Å². The van der Waals surface area contributed by atoms with Crippen molar-refractivity contribution < 1.29 is 34.0 Å². The number of carboxylic acids is 1. The van der Waals surface area contributed by atoms with E-state index in [2.05, 4.69) is 21.2 Å². The number of halogens is 1. The van der Waals surface area contributed by atoms with Crippen molar-refractivity contribution >= 4 is 33.7 Å². The summed E-state index contributed by atoms with van der Waals surface area (Å²) in [4.78, 5) is 23.8. The number of hydrogen-bond acceptors (Lipinski definition) is 6. The number of carbonyl (C=O) groups is 2. The number of ether oxygens (including phenoxy) is 3. The third kappa shape index (κ3) is 9.63. The fraction of sp³-hybridized carbons (Fsp3) is 0.214. The Morgan fingerprint density at radius 1 is 0.946 bits per heavy atom. The van der Waals surface area contributed by atoms with Gasteiger partial charge in [0.05, 0.1) is 6.61 Å². The SMILES string of the molecule is O=C(O)/C=C/CC[C@H](Oc1ccccc1)[C@@H](OC(=O)Nc1ccc(Br)cc1)c1ccc(OCCO)cc1. The largest absolute Gasteiger partial charge is 0.491 e. The van der Waals surface area contributed by atoms with Gasteiger partial charge in [0.2, 0.25) is 0 Å². The lowest BCUT2D eigenvalue weighted by Crippen LogP contribution is -2.31. The lowest BCUT2D eigenvalue weighted by atomic mass is 10.00. The zero-order valence-electron chi connectivity index (χ0n) is 20.0. The number of anilines is 1. The molecule has 0 aliphatic heterocycles. The number of aliphatic hydroxyl groups is 1. The zero-order valence-corrected chi connectivity index (χ0v) is 21.5. The molecule has 37 heavy (non-hydrogen) atoms. The van der Waals surface area contributed by atoms with E-state index in [4.69, 9.17) is 24.4 Å². The summed E-state index contributed by atoms with van der Waals surface area (Å²) in [6, 6.07) is 23.2. The monoisotopic (exact) mass is 569 g/mol. The van der Waals surface area contributed by atoms with Crippen molar-refractivity contribution in [2.45, 2.75) is 25.0 Å². The van der Waals surface area contributed by atoms with Crippen LogP contribution in [0.2, 0.25) is 0 Å². The minimum atomic E-state index is -1.04. The minimum Gasteiger partial charge on any atom is -0.491 e. The Labute approximate surface area is 223 Å². The first-order valence-electron chi connectivity index (χ1n) is 11.6. The molecule has 0 heterocycles. The number of benzene rings is 3. The smallest absolute Gasteiger partial charge is 0.412 e. The molecule has 1 amide bonds. The zero-order chi connectivity index (χ0) is 26.5. The normalized spacial score (nSPS) is 12.5.